The molecule has 22 aromatic carbocycles. The number of fused-ring (bicyclic) bond motifs is 18. The molecule has 4 heterocycles. The van der Waals surface area contributed by atoms with Crippen LogP contribution in [0, 0.1) is 27.7 Å². The second kappa shape index (κ2) is 32.5. The van der Waals surface area contributed by atoms with Crippen LogP contribution in [0.25, 0.3) is 86.9 Å². The Hall–Kier alpha value is -17.1. The first kappa shape index (κ1) is 79.1. The summed E-state index contributed by atoms with van der Waals surface area (Å²) >= 11 is 0. The van der Waals surface area contributed by atoms with Gasteiger partial charge in [0.2, 0.25) is 0 Å². The molecule has 0 saturated carbocycles. The molecule has 10 heteroatoms. The van der Waals surface area contributed by atoms with E-state index in [0.29, 0.717) is 0 Å². The monoisotopic (exact) mass is 1720 g/mol. The number of ether oxygens (including phenoxy) is 4. The maximum Gasteiger partial charge on any atom is 0.262 e. The highest BCUT2D eigenvalue weighted by atomic mass is 16.5. The summed E-state index contributed by atoms with van der Waals surface area (Å²) in [5.74, 6) is 6.49. The zero-order valence-electron chi connectivity index (χ0n) is 74.3. The van der Waals surface area contributed by atoms with Crippen molar-refractivity contribution < 1.29 is 18.9 Å². The average molecular weight is 1720 g/mol. The predicted octanol–water partition coefficient (Wildman–Crippen LogP) is 30.2. The first-order valence-corrected chi connectivity index (χ1v) is 46.0. The van der Waals surface area contributed by atoms with Crippen LogP contribution in [-0.4, -0.2) is 13.4 Å². The van der Waals surface area contributed by atoms with Crippen LogP contribution in [0.15, 0.2) is 449 Å². The van der Waals surface area contributed by atoms with Gasteiger partial charge in [-0.1, -0.05) is 314 Å². The third kappa shape index (κ3) is 13.5. The summed E-state index contributed by atoms with van der Waals surface area (Å²) in [5.41, 5.74) is 28.5. The van der Waals surface area contributed by atoms with Gasteiger partial charge in [-0.05, 0) is 247 Å². The minimum Gasteiger partial charge on any atom is -0.458 e. The summed E-state index contributed by atoms with van der Waals surface area (Å²) in [6.07, 6.45) is 0. The van der Waals surface area contributed by atoms with Crippen LogP contribution in [0.4, 0.5) is 68.2 Å². The van der Waals surface area contributed by atoms with Crippen molar-refractivity contribution in [2.24, 2.45) is 0 Å². The standard InChI is InChI=1S/2C62H43BN2O2/c1-40-18-15-26-46(34-40)64(44-22-5-3-6-23-44)54-38-58-60(52-31-13-11-29-50(52)54)63-61-53-32-14-12-30-51(53)55(65(45-24-7-4-8-25-45)47-27-16-19-41(2)35-47)39-59(61)67-57-37-43(36-56(66-58)62(57)63)49-33-17-21-42-20-9-10-28-48(42)49;1-40-28-32-46(33-29-40)64(44-18-5-3-6-19-44)54-38-58-60(52-25-13-11-23-50(52)54)63-61-53-26-14-12-24-51(53)55(65(45-20-7-4-8-21-45)47-34-30-41(2)31-35-47)39-59(61)67-57-37-43(36-56(66-58)62(57)63)49-27-15-17-42-16-9-10-22-48(42)49/h2*3-39H,1-2H3. The largest absolute Gasteiger partial charge is 0.458 e. The summed E-state index contributed by atoms with van der Waals surface area (Å²) in [6, 6.07) is 161. The summed E-state index contributed by atoms with van der Waals surface area (Å²) in [7, 11) is 0. The first-order valence-electron chi connectivity index (χ1n) is 46.0. The molecule has 22 aromatic rings. The molecule has 26 rings (SSSR count). The second-order valence-electron chi connectivity index (χ2n) is 35.5. The minimum atomic E-state index is -0.217. The highest BCUT2D eigenvalue weighted by molar-refractivity contribution is 7.02. The molecular weight excluding hydrogens is 1630 g/mol. The summed E-state index contributed by atoms with van der Waals surface area (Å²) in [4.78, 5) is 9.47. The molecule has 134 heavy (non-hydrogen) atoms. The Bertz CT molecular complexity index is 8050. The normalized spacial score (nSPS) is 12.2. The van der Waals surface area contributed by atoms with E-state index in [-0.39, 0.29) is 13.4 Å². The van der Waals surface area contributed by atoms with Gasteiger partial charge in [0, 0.05) is 102 Å². The van der Waals surface area contributed by atoms with Gasteiger partial charge in [0.1, 0.15) is 46.0 Å². The maximum atomic E-state index is 7.39. The van der Waals surface area contributed by atoms with Crippen molar-refractivity contribution in [3.8, 4) is 68.2 Å². The van der Waals surface area contributed by atoms with E-state index in [2.05, 4.69) is 496 Å². The van der Waals surface area contributed by atoms with Gasteiger partial charge >= 0.3 is 0 Å². The Morgan fingerprint density at radius 2 is 0.388 bits per heavy atom. The summed E-state index contributed by atoms with van der Waals surface area (Å²) < 4.78 is 29.6. The fraction of sp³-hybridized carbons (Fsp3) is 0.0323. The molecule has 0 aromatic heterocycles. The van der Waals surface area contributed by atoms with E-state index in [1.807, 2.05) is 0 Å². The zero-order valence-corrected chi connectivity index (χ0v) is 74.3. The van der Waals surface area contributed by atoms with Crippen LogP contribution in [0.3, 0.4) is 0 Å². The topological polar surface area (TPSA) is 49.9 Å². The fourth-order valence-corrected chi connectivity index (χ4v) is 21.3. The molecule has 4 aliphatic heterocycles. The molecule has 0 aliphatic carbocycles. The molecule has 0 amide bonds. The number of anilines is 12. The number of hydrogen-bond donors (Lipinski definition) is 0. The Morgan fingerprint density at radius 3 is 0.679 bits per heavy atom. The first-order chi connectivity index (χ1) is 66.1. The van der Waals surface area contributed by atoms with E-state index in [4.69, 9.17) is 18.9 Å². The molecule has 4 aliphatic rings. The number of aryl methyl sites for hydroxylation is 4. The van der Waals surface area contributed by atoms with Gasteiger partial charge in [-0.15, -0.1) is 0 Å². The summed E-state index contributed by atoms with van der Waals surface area (Å²) in [6.45, 7) is 8.15. The average Bonchev–Trinajstić information content (AvgIpc) is 0.698. The van der Waals surface area contributed by atoms with Crippen molar-refractivity contribution in [1.29, 1.82) is 0 Å². The van der Waals surface area contributed by atoms with Crippen molar-refractivity contribution in [2.45, 2.75) is 27.7 Å². The Labute approximate surface area is 779 Å². The molecule has 0 radical (unpaired) electrons. The SMILES string of the molecule is Cc1ccc(N(c2ccccc2)c2cc3c(c4ccccc24)B2c4c(cc(-c5cccc6ccccc56)cc4Oc4cc(N(c5ccccc5)c5ccc(C)cc5)c5ccccc5c42)O3)cc1.Cc1cccc(N(c2ccccc2)c2cc3c(c4ccccc24)B2c4c(cc(-c5cccc6ccccc56)cc4Oc4cc(N(c5ccccc5)c5cccc(C)c5)c5ccccc5c42)O3)c1. The molecule has 0 unspecified atom stereocenters. The highest BCUT2D eigenvalue weighted by Gasteiger charge is 2.47. The van der Waals surface area contributed by atoms with Crippen molar-refractivity contribution >= 4 is 179 Å². The van der Waals surface area contributed by atoms with Gasteiger partial charge in [-0.3, -0.25) is 0 Å². The van der Waals surface area contributed by atoms with E-state index in [1.54, 1.807) is 0 Å². The van der Waals surface area contributed by atoms with Crippen LogP contribution < -0.4 is 71.3 Å². The predicted molar refractivity (Wildman–Crippen MR) is 562 cm³/mol. The number of para-hydroxylation sites is 4. The lowest BCUT2D eigenvalue weighted by Crippen LogP contribution is -2.58. The molecule has 0 spiro atoms. The van der Waals surface area contributed by atoms with Gasteiger partial charge in [-0.2, -0.15) is 0 Å². The molecular formula is C124H86B2N4O4. The van der Waals surface area contributed by atoms with Crippen LogP contribution >= 0.6 is 0 Å². The van der Waals surface area contributed by atoms with Crippen LogP contribution in [0.5, 0.6) is 46.0 Å². The number of hydrogen-bond acceptors (Lipinski definition) is 8. The lowest BCUT2D eigenvalue weighted by Gasteiger charge is -2.37. The number of nitrogens with zero attached hydrogens (tertiary/aromatic N) is 4. The fourth-order valence-electron chi connectivity index (χ4n) is 21.3. The second-order valence-corrected chi connectivity index (χ2v) is 35.5. The number of rotatable bonds is 14. The smallest absolute Gasteiger partial charge is 0.262 e. The molecule has 0 N–H and O–H groups in total. The molecule has 8 nitrogen and oxygen atoms in total. The van der Waals surface area contributed by atoms with Gasteiger partial charge in [0.25, 0.3) is 13.4 Å². The van der Waals surface area contributed by atoms with Crippen LogP contribution in [0.2, 0.25) is 0 Å². The van der Waals surface area contributed by atoms with E-state index in [1.165, 1.54) is 43.8 Å². The van der Waals surface area contributed by atoms with Crippen LogP contribution in [0.1, 0.15) is 22.3 Å². The van der Waals surface area contributed by atoms with E-state index in [9.17, 15) is 0 Å². The summed E-state index contributed by atoms with van der Waals surface area (Å²) in [5, 5.41) is 13.8. The molecule has 0 atom stereocenters. The molecule has 632 valence electrons. The van der Waals surface area contributed by atoms with Gasteiger partial charge < -0.3 is 38.5 Å². The maximum absolute atomic E-state index is 7.39. The minimum absolute atomic E-state index is 0.217. The van der Waals surface area contributed by atoms with Gasteiger partial charge in [0.05, 0.1) is 22.7 Å². The quantitative estimate of drug-likeness (QED) is 0.0999. The van der Waals surface area contributed by atoms with Gasteiger partial charge in [-0.25, -0.2) is 0 Å². The van der Waals surface area contributed by atoms with Crippen LogP contribution in [-0.2, 0) is 0 Å². The van der Waals surface area contributed by atoms with E-state index in [0.717, 1.165) is 212 Å². The molecule has 0 saturated heterocycles. The van der Waals surface area contributed by atoms with Crippen molar-refractivity contribution in [1.82, 2.24) is 0 Å². The van der Waals surface area contributed by atoms with Crippen molar-refractivity contribution in [3.63, 3.8) is 0 Å². The third-order valence-corrected chi connectivity index (χ3v) is 27.3. The third-order valence-electron chi connectivity index (χ3n) is 27.3. The number of benzene rings is 22. The highest BCUT2D eigenvalue weighted by Crippen LogP contribution is 2.53. The lowest BCUT2D eigenvalue weighted by atomic mass is 9.33. The van der Waals surface area contributed by atoms with E-state index >= 15 is 0 Å². The Kier molecular flexibility index (Phi) is 19.2. The lowest BCUT2D eigenvalue weighted by molar-refractivity contribution is 0.465. The van der Waals surface area contributed by atoms with Crippen molar-refractivity contribution in [2.75, 3.05) is 19.6 Å². The van der Waals surface area contributed by atoms with Crippen molar-refractivity contribution in [3.05, 3.63) is 471 Å². The van der Waals surface area contributed by atoms with Gasteiger partial charge in [0.15, 0.2) is 0 Å². The zero-order chi connectivity index (χ0) is 89.2. The molecule has 0 fully saturated rings. The molecule has 0 bridgehead atoms. The van der Waals surface area contributed by atoms with E-state index < -0.39 is 0 Å². The Balaban J connectivity index is 0.000000143. The Morgan fingerprint density at radius 1 is 0.164 bits per heavy atom.